The van der Waals surface area contributed by atoms with E-state index in [-0.39, 0.29) is 0 Å². The van der Waals surface area contributed by atoms with Gasteiger partial charge in [-0.05, 0) is 55.9 Å². The smallest absolute Gasteiger partial charge is 0.160 e. The molecule has 0 radical (unpaired) electrons. The second-order valence-electron chi connectivity index (χ2n) is 12.4. The normalized spacial score (nSPS) is 16.7. The fourth-order valence-electron chi connectivity index (χ4n) is 7.35. The number of nitrogens with zero attached hydrogens (tertiary/aromatic N) is 3. The van der Waals surface area contributed by atoms with Crippen LogP contribution < -0.4 is 0 Å². The first-order valence-electron chi connectivity index (χ1n) is 16.3. The van der Waals surface area contributed by atoms with Crippen LogP contribution in [0, 0.1) is 0 Å². The van der Waals surface area contributed by atoms with Gasteiger partial charge in [0.1, 0.15) is 0 Å². The van der Waals surface area contributed by atoms with Crippen molar-refractivity contribution in [3.8, 4) is 39.6 Å². The van der Waals surface area contributed by atoms with E-state index in [1.54, 1.807) is 5.57 Å². The molecule has 2 aromatic heterocycles. The van der Waals surface area contributed by atoms with Crippen molar-refractivity contribution in [3.63, 3.8) is 0 Å². The first-order valence-corrected chi connectivity index (χ1v) is 17.2. The molecule has 0 bridgehead atoms. The SMILES string of the molecule is C1=Cc2c3c(n(-c4ccc(-c5cc(-c6ccccc6)nc(-c6ccccc6)n5)cc4)c2CC1)CCC1=C3SC(c2ccccc2)C1. The van der Waals surface area contributed by atoms with Gasteiger partial charge < -0.3 is 4.57 Å². The number of thioether (sulfide) groups is 1. The van der Waals surface area contributed by atoms with E-state index in [0.717, 1.165) is 66.0 Å². The summed E-state index contributed by atoms with van der Waals surface area (Å²) in [5.74, 6) is 0.744. The molecule has 4 aromatic carbocycles. The first-order chi connectivity index (χ1) is 22.8. The van der Waals surface area contributed by atoms with E-state index in [1.165, 1.54) is 38.7 Å². The van der Waals surface area contributed by atoms with Crippen LogP contribution in [0.2, 0.25) is 0 Å². The Morgan fingerprint density at radius 3 is 2.00 bits per heavy atom. The van der Waals surface area contributed by atoms with Gasteiger partial charge in [-0.1, -0.05) is 121 Å². The average molecular weight is 612 g/mol. The molecular weight excluding hydrogens is 579 g/mol. The Morgan fingerprint density at radius 2 is 1.28 bits per heavy atom. The molecule has 2 aliphatic carbocycles. The third kappa shape index (κ3) is 4.76. The Morgan fingerprint density at radius 1 is 0.630 bits per heavy atom. The van der Waals surface area contributed by atoms with Crippen molar-refractivity contribution in [1.29, 1.82) is 0 Å². The monoisotopic (exact) mass is 611 g/mol. The van der Waals surface area contributed by atoms with Gasteiger partial charge in [-0.2, -0.15) is 0 Å². The molecule has 0 amide bonds. The number of hydrogen-bond donors (Lipinski definition) is 0. The number of benzene rings is 4. The van der Waals surface area contributed by atoms with E-state index >= 15 is 0 Å². The van der Waals surface area contributed by atoms with Crippen molar-refractivity contribution in [2.45, 2.75) is 37.4 Å². The summed E-state index contributed by atoms with van der Waals surface area (Å²) >= 11 is 2.09. The minimum absolute atomic E-state index is 0.512. The van der Waals surface area contributed by atoms with Gasteiger partial charge in [-0.25, -0.2) is 9.97 Å². The molecule has 3 nitrogen and oxygen atoms in total. The summed E-state index contributed by atoms with van der Waals surface area (Å²) in [6, 6.07) is 42.9. The third-order valence-electron chi connectivity index (χ3n) is 9.56. The van der Waals surface area contributed by atoms with Gasteiger partial charge in [0.15, 0.2) is 5.82 Å². The number of aromatic nitrogens is 3. The molecule has 222 valence electrons. The Balaban J connectivity index is 1.11. The summed E-state index contributed by atoms with van der Waals surface area (Å²) in [6.07, 6.45) is 10.3. The van der Waals surface area contributed by atoms with Crippen molar-refractivity contribution in [2.75, 3.05) is 0 Å². The lowest BCUT2D eigenvalue weighted by atomic mass is 9.90. The standard InChI is InChI=1S/C42H33N3S/c1-4-12-28(13-5-1)35-27-36(44-42(43-35)31-16-8-3-9-17-31)29-20-23-33(24-21-29)45-37-19-11-10-18-34(37)40-38(45)25-22-32-26-39(46-41(32)40)30-14-6-2-7-15-30/h1-10,12-18,20-21,23-24,27,39H,11,19,22,25-26H2. The summed E-state index contributed by atoms with van der Waals surface area (Å²) in [7, 11) is 0. The van der Waals surface area contributed by atoms with Crippen molar-refractivity contribution < 1.29 is 0 Å². The maximum absolute atomic E-state index is 5.06. The number of hydrogen-bond acceptors (Lipinski definition) is 3. The van der Waals surface area contributed by atoms with Crippen LogP contribution in [-0.2, 0) is 12.8 Å². The second kappa shape index (κ2) is 11.5. The van der Waals surface area contributed by atoms with Crippen LogP contribution in [0.5, 0.6) is 0 Å². The van der Waals surface area contributed by atoms with Crippen molar-refractivity contribution in [3.05, 3.63) is 161 Å². The molecule has 1 atom stereocenters. The van der Waals surface area contributed by atoms with Crippen molar-refractivity contribution in [2.24, 2.45) is 0 Å². The minimum Gasteiger partial charge on any atom is -0.317 e. The molecule has 0 fully saturated rings. The third-order valence-corrected chi connectivity index (χ3v) is 11.0. The highest BCUT2D eigenvalue weighted by molar-refractivity contribution is 8.08. The summed E-state index contributed by atoms with van der Waals surface area (Å²) < 4.78 is 2.59. The summed E-state index contributed by atoms with van der Waals surface area (Å²) in [5, 5.41) is 0.512. The molecule has 1 aliphatic heterocycles. The van der Waals surface area contributed by atoms with E-state index in [0.29, 0.717) is 5.25 Å². The van der Waals surface area contributed by atoms with Gasteiger partial charge in [0.25, 0.3) is 0 Å². The first kappa shape index (κ1) is 27.4. The Hall–Kier alpha value is -4.93. The maximum Gasteiger partial charge on any atom is 0.160 e. The van der Waals surface area contributed by atoms with Crippen LogP contribution in [0.1, 0.15) is 52.6 Å². The summed E-state index contributed by atoms with van der Waals surface area (Å²) in [5.41, 5.74) is 15.3. The van der Waals surface area contributed by atoms with E-state index in [4.69, 9.17) is 9.97 Å². The molecule has 0 N–H and O–H groups in total. The van der Waals surface area contributed by atoms with E-state index < -0.39 is 0 Å². The predicted molar refractivity (Wildman–Crippen MR) is 192 cm³/mol. The molecule has 9 rings (SSSR count). The zero-order valence-electron chi connectivity index (χ0n) is 25.6. The molecule has 1 unspecified atom stereocenters. The van der Waals surface area contributed by atoms with Crippen LogP contribution in [0.15, 0.2) is 133 Å². The van der Waals surface area contributed by atoms with Crippen molar-refractivity contribution >= 4 is 22.7 Å². The van der Waals surface area contributed by atoms with Crippen LogP contribution >= 0.6 is 11.8 Å². The Bertz CT molecular complexity index is 2070. The Kier molecular flexibility index (Phi) is 6.82. The molecular formula is C42H33N3S. The van der Waals surface area contributed by atoms with E-state index in [2.05, 4.69) is 126 Å². The summed E-state index contributed by atoms with van der Waals surface area (Å²) in [4.78, 5) is 11.6. The number of rotatable bonds is 5. The zero-order valence-corrected chi connectivity index (χ0v) is 26.4. The van der Waals surface area contributed by atoms with Crippen molar-refractivity contribution in [1.82, 2.24) is 14.5 Å². The van der Waals surface area contributed by atoms with Gasteiger partial charge in [0.05, 0.1) is 11.4 Å². The van der Waals surface area contributed by atoms with Gasteiger partial charge in [0, 0.05) is 55.0 Å². The molecule has 0 saturated carbocycles. The fourth-order valence-corrected chi connectivity index (χ4v) is 8.91. The highest BCUT2D eigenvalue weighted by Crippen LogP contribution is 2.57. The van der Waals surface area contributed by atoms with Gasteiger partial charge in [-0.3, -0.25) is 0 Å². The largest absolute Gasteiger partial charge is 0.317 e. The quantitative estimate of drug-likeness (QED) is 0.194. The maximum atomic E-state index is 5.06. The van der Waals surface area contributed by atoms with E-state index in [1.807, 2.05) is 24.3 Å². The molecule has 3 aliphatic rings. The molecule has 0 spiro atoms. The summed E-state index contributed by atoms with van der Waals surface area (Å²) in [6.45, 7) is 0. The Labute approximate surface area is 274 Å². The zero-order chi connectivity index (χ0) is 30.5. The molecule has 3 heterocycles. The minimum atomic E-state index is 0.512. The predicted octanol–water partition coefficient (Wildman–Crippen LogP) is 10.8. The van der Waals surface area contributed by atoms with E-state index in [9.17, 15) is 0 Å². The number of allylic oxidation sites excluding steroid dienone is 2. The molecule has 0 saturated heterocycles. The topological polar surface area (TPSA) is 30.7 Å². The average Bonchev–Trinajstić information content (AvgIpc) is 3.72. The lowest BCUT2D eigenvalue weighted by molar-refractivity contribution is 0.776. The van der Waals surface area contributed by atoms with Crippen LogP contribution in [-0.4, -0.2) is 14.5 Å². The van der Waals surface area contributed by atoms with Gasteiger partial charge in [-0.15, -0.1) is 11.8 Å². The second-order valence-corrected chi connectivity index (χ2v) is 13.6. The van der Waals surface area contributed by atoms with Gasteiger partial charge >= 0.3 is 0 Å². The fraction of sp³-hybridized carbons (Fsp3) is 0.143. The lowest BCUT2D eigenvalue weighted by Crippen LogP contribution is -2.08. The lowest BCUT2D eigenvalue weighted by Gasteiger charge is -2.19. The molecule has 6 aromatic rings. The molecule has 4 heteroatoms. The van der Waals surface area contributed by atoms with Gasteiger partial charge in [0.2, 0.25) is 0 Å². The van der Waals surface area contributed by atoms with Crippen LogP contribution in [0.25, 0.3) is 50.6 Å². The van der Waals surface area contributed by atoms with Crippen LogP contribution in [0.4, 0.5) is 0 Å². The number of fused-ring (bicyclic) bond motifs is 4. The highest BCUT2D eigenvalue weighted by atomic mass is 32.2. The molecule has 46 heavy (non-hydrogen) atoms. The highest BCUT2D eigenvalue weighted by Gasteiger charge is 2.36. The van der Waals surface area contributed by atoms with Crippen LogP contribution in [0.3, 0.4) is 0 Å².